The fourth-order valence-corrected chi connectivity index (χ4v) is 1.92. The van der Waals surface area contributed by atoms with Gasteiger partial charge in [-0.05, 0) is 44.5 Å². The lowest BCUT2D eigenvalue weighted by atomic mass is 10.1. The maximum Gasteiger partial charge on any atom is 0.273 e. The molecular formula is C12H16N2O3. The van der Waals surface area contributed by atoms with Gasteiger partial charge < -0.3 is 10.1 Å². The lowest BCUT2D eigenvalue weighted by molar-refractivity contribution is -0.385. The van der Waals surface area contributed by atoms with Crippen LogP contribution < -0.4 is 10.1 Å². The summed E-state index contributed by atoms with van der Waals surface area (Å²) in [5.74, 6) is 0.631. The van der Waals surface area contributed by atoms with Crippen LogP contribution in [0, 0.1) is 17.0 Å². The van der Waals surface area contributed by atoms with Crippen LogP contribution in [0.2, 0.25) is 0 Å². The van der Waals surface area contributed by atoms with Gasteiger partial charge in [0.25, 0.3) is 5.69 Å². The van der Waals surface area contributed by atoms with Gasteiger partial charge in [0.1, 0.15) is 11.9 Å². The molecule has 1 fully saturated rings. The molecule has 92 valence electrons. The number of non-ortho nitro benzene ring substituents is 1. The topological polar surface area (TPSA) is 64.4 Å². The molecule has 1 aromatic rings. The minimum atomic E-state index is -0.394. The zero-order chi connectivity index (χ0) is 12.3. The van der Waals surface area contributed by atoms with E-state index >= 15 is 0 Å². The Kier molecular flexibility index (Phi) is 3.58. The van der Waals surface area contributed by atoms with Crippen molar-refractivity contribution in [2.45, 2.75) is 25.9 Å². The molecule has 1 aliphatic rings. The van der Waals surface area contributed by atoms with Gasteiger partial charge in [-0.3, -0.25) is 10.1 Å². The Hall–Kier alpha value is -1.62. The number of hydrogen-bond donors (Lipinski definition) is 1. The molecule has 5 heteroatoms. The number of nitro groups is 1. The summed E-state index contributed by atoms with van der Waals surface area (Å²) in [5.41, 5.74) is 1.02. The number of nitrogens with zero attached hydrogens (tertiary/aromatic N) is 1. The van der Waals surface area contributed by atoms with Crippen LogP contribution in [-0.2, 0) is 0 Å². The highest BCUT2D eigenvalue weighted by atomic mass is 16.6. The molecule has 1 aromatic carbocycles. The van der Waals surface area contributed by atoms with Crippen molar-refractivity contribution in [2.24, 2.45) is 0 Å². The van der Waals surface area contributed by atoms with Gasteiger partial charge in [0.05, 0.1) is 11.0 Å². The smallest absolute Gasteiger partial charge is 0.273 e. The van der Waals surface area contributed by atoms with Gasteiger partial charge in [0.2, 0.25) is 0 Å². The molecule has 1 heterocycles. The van der Waals surface area contributed by atoms with Crippen molar-refractivity contribution in [1.29, 1.82) is 0 Å². The third-order valence-electron chi connectivity index (χ3n) is 2.96. The number of aryl methyl sites for hydroxylation is 1. The largest absolute Gasteiger partial charge is 0.490 e. The normalized spacial score (nSPS) is 16.8. The summed E-state index contributed by atoms with van der Waals surface area (Å²) in [6.07, 6.45) is 2.06. The molecule has 0 spiro atoms. The van der Waals surface area contributed by atoms with Crippen molar-refractivity contribution < 1.29 is 9.66 Å². The summed E-state index contributed by atoms with van der Waals surface area (Å²) in [6, 6.07) is 4.75. The van der Waals surface area contributed by atoms with E-state index in [1.165, 1.54) is 12.1 Å². The summed E-state index contributed by atoms with van der Waals surface area (Å²) >= 11 is 0. The van der Waals surface area contributed by atoms with E-state index in [0.717, 1.165) is 31.5 Å². The van der Waals surface area contributed by atoms with E-state index in [0.29, 0.717) is 5.75 Å². The Bertz CT molecular complexity index is 414. The number of ether oxygens (including phenoxy) is 1. The third kappa shape index (κ3) is 2.94. The maximum absolute atomic E-state index is 10.7. The van der Waals surface area contributed by atoms with Crippen molar-refractivity contribution in [3.63, 3.8) is 0 Å². The third-order valence-corrected chi connectivity index (χ3v) is 2.96. The SMILES string of the molecule is Cc1ccc([N+](=O)[O-])cc1OC1CCNCC1. The molecule has 0 unspecified atom stereocenters. The van der Waals surface area contributed by atoms with E-state index in [1.54, 1.807) is 6.07 Å². The predicted octanol–water partition coefficient (Wildman–Crippen LogP) is 2.03. The van der Waals surface area contributed by atoms with Gasteiger partial charge in [-0.15, -0.1) is 0 Å². The second-order valence-corrected chi connectivity index (χ2v) is 4.27. The Morgan fingerprint density at radius 2 is 2.12 bits per heavy atom. The van der Waals surface area contributed by atoms with E-state index < -0.39 is 4.92 Å². The molecule has 5 nitrogen and oxygen atoms in total. The van der Waals surface area contributed by atoms with Crippen molar-refractivity contribution in [1.82, 2.24) is 5.32 Å². The van der Waals surface area contributed by atoms with Gasteiger partial charge in [-0.1, -0.05) is 0 Å². The Morgan fingerprint density at radius 1 is 1.41 bits per heavy atom. The molecule has 0 amide bonds. The molecular weight excluding hydrogens is 220 g/mol. The molecule has 0 atom stereocenters. The summed E-state index contributed by atoms with van der Waals surface area (Å²) in [4.78, 5) is 10.3. The predicted molar refractivity (Wildman–Crippen MR) is 64.4 cm³/mol. The number of benzene rings is 1. The van der Waals surface area contributed by atoms with Gasteiger partial charge in [0, 0.05) is 6.07 Å². The maximum atomic E-state index is 10.7. The first kappa shape index (κ1) is 11.9. The first-order valence-corrected chi connectivity index (χ1v) is 5.79. The Balaban J connectivity index is 2.13. The fourth-order valence-electron chi connectivity index (χ4n) is 1.92. The van der Waals surface area contributed by atoms with E-state index in [2.05, 4.69) is 5.32 Å². The molecule has 1 aliphatic heterocycles. The number of nitro benzene ring substituents is 1. The van der Waals surface area contributed by atoms with Crippen LogP contribution in [-0.4, -0.2) is 24.1 Å². The van der Waals surface area contributed by atoms with E-state index in [4.69, 9.17) is 4.74 Å². The van der Waals surface area contributed by atoms with E-state index in [1.807, 2.05) is 6.92 Å². The molecule has 0 bridgehead atoms. The summed E-state index contributed by atoms with van der Waals surface area (Å²) in [6.45, 7) is 3.79. The zero-order valence-corrected chi connectivity index (χ0v) is 9.81. The number of hydrogen-bond acceptors (Lipinski definition) is 4. The van der Waals surface area contributed by atoms with Crippen molar-refractivity contribution in [3.05, 3.63) is 33.9 Å². The lowest BCUT2D eigenvalue weighted by Gasteiger charge is -2.24. The van der Waals surface area contributed by atoms with Crippen LogP contribution in [0.15, 0.2) is 18.2 Å². The van der Waals surface area contributed by atoms with Crippen molar-refractivity contribution in [3.8, 4) is 5.75 Å². The highest BCUT2D eigenvalue weighted by Crippen LogP contribution is 2.26. The molecule has 0 radical (unpaired) electrons. The van der Waals surface area contributed by atoms with Crippen molar-refractivity contribution >= 4 is 5.69 Å². The number of rotatable bonds is 3. The highest BCUT2D eigenvalue weighted by Gasteiger charge is 2.17. The molecule has 1 N–H and O–H groups in total. The van der Waals surface area contributed by atoms with Crippen molar-refractivity contribution in [2.75, 3.05) is 13.1 Å². The molecule has 0 aliphatic carbocycles. The molecule has 0 aromatic heterocycles. The molecule has 2 rings (SSSR count). The minimum absolute atomic E-state index is 0.0829. The lowest BCUT2D eigenvalue weighted by Crippen LogP contribution is -2.34. The monoisotopic (exact) mass is 236 g/mol. The summed E-state index contributed by atoms with van der Waals surface area (Å²) < 4.78 is 5.83. The summed E-state index contributed by atoms with van der Waals surface area (Å²) in [7, 11) is 0. The van der Waals surface area contributed by atoms with Gasteiger partial charge in [-0.2, -0.15) is 0 Å². The Labute approximate surface area is 99.9 Å². The molecule has 17 heavy (non-hydrogen) atoms. The summed E-state index contributed by atoms with van der Waals surface area (Å²) in [5, 5.41) is 14.0. The number of piperidine rings is 1. The van der Waals surface area contributed by atoms with Crippen LogP contribution in [0.1, 0.15) is 18.4 Å². The van der Waals surface area contributed by atoms with E-state index in [-0.39, 0.29) is 11.8 Å². The average Bonchev–Trinajstić information content (AvgIpc) is 2.33. The van der Waals surface area contributed by atoms with Gasteiger partial charge in [0.15, 0.2) is 0 Å². The quantitative estimate of drug-likeness (QED) is 0.644. The Morgan fingerprint density at radius 3 is 2.76 bits per heavy atom. The second-order valence-electron chi connectivity index (χ2n) is 4.27. The minimum Gasteiger partial charge on any atom is -0.490 e. The van der Waals surface area contributed by atoms with Gasteiger partial charge in [-0.25, -0.2) is 0 Å². The fraction of sp³-hybridized carbons (Fsp3) is 0.500. The average molecular weight is 236 g/mol. The molecule has 0 saturated carbocycles. The first-order valence-electron chi connectivity index (χ1n) is 5.79. The second kappa shape index (κ2) is 5.14. The van der Waals surface area contributed by atoms with Crippen LogP contribution >= 0.6 is 0 Å². The number of nitrogens with one attached hydrogen (secondary N) is 1. The van der Waals surface area contributed by atoms with E-state index in [9.17, 15) is 10.1 Å². The van der Waals surface area contributed by atoms with Crippen LogP contribution in [0.3, 0.4) is 0 Å². The first-order chi connectivity index (χ1) is 8.16. The van der Waals surface area contributed by atoms with Crippen LogP contribution in [0.5, 0.6) is 5.75 Å². The zero-order valence-electron chi connectivity index (χ0n) is 9.81. The molecule has 1 saturated heterocycles. The van der Waals surface area contributed by atoms with Gasteiger partial charge >= 0.3 is 0 Å². The highest BCUT2D eigenvalue weighted by molar-refractivity contribution is 5.43. The van der Waals surface area contributed by atoms with Crippen LogP contribution in [0.25, 0.3) is 0 Å². The van der Waals surface area contributed by atoms with Crippen LogP contribution in [0.4, 0.5) is 5.69 Å². The standard InChI is InChI=1S/C12H16N2O3/c1-9-2-3-10(14(15)16)8-12(9)17-11-4-6-13-7-5-11/h2-3,8,11,13H,4-7H2,1H3.